The number of anilines is 1. The van der Waals surface area contributed by atoms with Crippen LogP contribution < -0.4 is 10.2 Å². The molecule has 3 aromatic carbocycles. The summed E-state index contributed by atoms with van der Waals surface area (Å²) in [5.41, 5.74) is 14.6. The van der Waals surface area contributed by atoms with Crippen LogP contribution in [0.5, 0.6) is 0 Å². The van der Waals surface area contributed by atoms with Gasteiger partial charge in [-0.05, 0) is 145 Å². The zero-order valence-corrected chi connectivity index (χ0v) is 31.5. The van der Waals surface area contributed by atoms with E-state index >= 15 is 0 Å². The summed E-state index contributed by atoms with van der Waals surface area (Å²) in [4.78, 5) is 2.57. The first-order valence-corrected chi connectivity index (χ1v) is 20.4. The van der Waals surface area contributed by atoms with Crippen molar-refractivity contribution in [1.82, 2.24) is 9.88 Å². The highest BCUT2D eigenvalue weighted by molar-refractivity contribution is 5.76. The molecule has 6 aliphatic rings. The van der Waals surface area contributed by atoms with Crippen molar-refractivity contribution in [3.8, 4) is 18.2 Å². The molecule has 0 saturated heterocycles. The van der Waals surface area contributed by atoms with Gasteiger partial charge < -0.3 is 10.2 Å². The van der Waals surface area contributed by atoms with E-state index in [0.717, 1.165) is 69.3 Å². The van der Waals surface area contributed by atoms with Gasteiger partial charge in [0.15, 0.2) is 0 Å². The second-order valence-corrected chi connectivity index (χ2v) is 16.2. The Kier molecular flexibility index (Phi) is 8.61. The topological polar surface area (TPSA) is 91.6 Å². The molecule has 56 heavy (non-hydrogen) atoms. The average molecular weight is 729 g/mol. The third kappa shape index (κ3) is 5.65. The minimum absolute atomic E-state index is 0.0493. The summed E-state index contributed by atoms with van der Waals surface area (Å²) in [6.07, 6.45) is 27.8. The monoisotopic (exact) mass is 728 g/mol. The second-order valence-electron chi connectivity index (χ2n) is 16.2. The van der Waals surface area contributed by atoms with Gasteiger partial charge in [-0.25, -0.2) is 0 Å². The Hall–Kier alpha value is -6.29. The van der Waals surface area contributed by atoms with Gasteiger partial charge in [-0.15, -0.1) is 0 Å². The molecule has 3 heterocycles. The average Bonchev–Trinajstić information content (AvgIpc) is 3.78. The van der Waals surface area contributed by atoms with E-state index in [1.165, 1.54) is 50.3 Å². The summed E-state index contributed by atoms with van der Waals surface area (Å²) in [6.45, 7) is 0. The number of hydrogen-bond acceptors (Lipinski definition) is 5. The summed E-state index contributed by atoms with van der Waals surface area (Å²) in [5, 5.41) is 33.6. The highest BCUT2D eigenvalue weighted by Gasteiger charge is 2.45. The smallest absolute Gasteiger partial charge is 0.109 e. The van der Waals surface area contributed by atoms with Gasteiger partial charge in [0.1, 0.15) is 12.0 Å². The number of nitrogens with one attached hydrogen (secondary N) is 1. The molecule has 2 aliphatic heterocycles. The lowest BCUT2D eigenvalue weighted by atomic mass is 9.75. The third-order valence-corrected chi connectivity index (χ3v) is 13.2. The fraction of sp³-hybridized carbons (Fsp3) is 0.300. The largest absolute Gasteiger partial charge is 0.351 e. The van der Waals surface area contributed by atoms with E-state index in [0.29, 0.717) is 11.1 Å². The lowest BCUT2D eigenvalue weighted by Gasteiger charge is -2.43. The van der Waals surface area contributed by atoms with Crippen LogP contribution in [-0.4, -0.2) is 16.8 Å². The first-order chi connectivity index (χ1) is 27.6. The van der Waals surface area contributed by atoms with E-state index in [2.05, 4.69) is 130 Å². The number of nitrogens with zero attached hydrogens (tertiary/aromatic N) is 5. The maximum Gasteiger partial charge on any atom is 0.109 e. The van der Waals surface area contributed by atoms with E-state index in [1.54, 1.807) is 0 Å². The Morgan fingerprint density at radius 2 is 1.46 bits per heavy atom. The van der Waals surface area contributed by atoms with Crippen molar-refractivity contribution in [1.29, 1.82) is 15.8 Å². The summed E-state index contributed by atoms with van der Waals surface area (Å²) in [6, 6.07) is 30.7. The first-order valence-electron chi connectivity index (χ1n) is 20.4. The Bertz CT molecular complexity index is 2480. The molecule has 0 bridgehead atoms. The quantitative estimate of drug-likeness (QED) is 0.207. The molecule has 6 heteroatoms. The Balaban J connectivity index is 1.13. The first kappa shape index (κ1) is 34.2. The van der Waals surface area contributed by atoms with Crippen LogP contribution in [0.3, 0.4) is 0 Å². The van der Waals surface area contributed by atoms with E-state index < -0.39 is 0 Å². The molecule has 4 aliphatic carbocycles. The van der Waals surface area contributed by atoms with Crippen molar-refractivity contribution in [2.45, 2.75) is 87.7 Å². The Labute approximate surface area is 329 Å². The van der Waals surface area contributed by atoms with Gasteiger partial charge in [-0.1, -0.05) is 66.8 Å². The van der Waals surface area contributed by atoms with Crippen molar-refractivity contribution >= 4 is 29.2 Å². The van der Waals surface area contributed by atoms with Crippen LogP contribution in [0.1, 0.15) is 119 Å². The van der Waals surface area contributed by atoms with Crippen LogP contribution in [0.4, 0.5) is 5.69 Å². The van der Waals surface area contributed by atoms with Crippen molar-refractivity contribution in [2.24, 2.45) is 5.92 Å². The highest BCUT2D eigenvalue weighted by atomic mass is 15.3. The number of hydrogen-bond donors (Lipinski definition) is 1. The van der Waals surface area contributed by atoms with Gasteiger partial charge in [0.2, 0.25) is 0 Å². The molecular weight excluding hydrogens is 685 g/mol. The number of rotatable bonds is 5. The zero-order chi connectivity index (χ0) is 37.8. The Morgan fingerprint density at radius 3 is 2.20 bits per heavy atom. The summed E-state index contributed by atoms with van der Waals surface area (Å²) < 4.78 is 2.51. The molecule has 0 saturated carbocycles. The minimum Gasteiger partial charge on any atom is -0.351 e. The minimum atomic E-state index is -0.144. The standard InChI is InChI=1S/C50H44N6/c51-29-32-17-21-35(22-18-32)37-9-1-3-11-39(37)40-12-4-2-10-38(40)36-27-49(55-45-15-7-5-13-41(45)42-14-6-8-16-46(42)55)54-50(28-36)56-47-23-19-33(30-52)25-43(47)44-26-34(31-53)20-24-48(44)56/h2,4,7-10,12,15-25,27,34,36,39,44,48,50,54H,1,3,5-6,11,13-14,26,28H2/t34-,36?,39?,44?,48?,50?/m1/s1. The van der Waals surface area contributed by atoms with Crippen LogP contribution in [0.2, 0.25) is 0 Å². The molecule has 0 radical (unpaired) electrons. The fourth-order valence-corrected chi connectivity index (χ4v) is 10.7. The molecule has 274 valence electrons. The van der Waals surface area contributed by atoms with Crippen LogP contribution in [0, 0.1) is 39.9 Å². The van der Waals surface area contributed by atoms with E-state index in [9.17, 15) is 15.8 Å². The molecule has 1 N–H and O–H groups in total. The molecule has 0 fully saturated rings. The Morgan fingerprint density at radius 1 is 0.732 bits per heavy atom. The summed E-state index contributed by atoms with van der Waals surface area (Å²) in [7, 11) is 0. The fourth-order valence-electron chi connectivity index (χ4n) is 10.7. The van der Waals surface area contributed by atoms with Crippen molar-refractivity contribution < 1.29 is 0 Å². The van der Waals surface area contributed by atoms with Crippen LogP contribution in [-0.2, 0) is 12.8 Å². The van der Waals surface area contributed by atoms with E-state index in [-0.39, 0.29) is 35.9 Å². The van der Waals surface area contributed by atoms with Crippen molar-refractivity contribution in [2.75, 3.05) is 4.90 Å². The molecule has 4 aromatic rings. The predicted octanol–water partition coefficient (Wildman–Crippen LogP) is 10.5. The maximum absolute atomic E-state index is 10.0. The third-order valence-electron chi connectivity index (χ3n) is 13.2. The summed E-state index contributed by atoms with van der Waals surface area (Å²) >= 11 is 0. The highest BCUT2D eigenvalue weighted by Crippen LogP contribution is 2.51. The number of fused-ring (bicyclic) bond motifs is 6. The van der Waals surface area contributed by atoms with Gasteiger partial charge in [-0.3, -0.25) is 4.57 Å². The van der Waals surface area contributed by atoms with Crippen molar-refractivity contribution in [3.63, 3.8) is 0 Å². The molecule has 10 rings (SSSR count). The van der Waals surface area contributed by atoms with Gasteiger partial charge in [0.05, 0.1) is 52.7 Å². The molecule has 5 unspecified atom stereocenters. The maximum atomic E-state index is 10.0. The molecule has 6 atom stereocenters. The number of benzene rings is 3. The molecule has 1 aromatic heterocycles. The number of aromatic nitrogens is 1. The molecule has 0 spiro atoms. The van der Waals surface area contributed by atoms with Crippen LogP contribution >= 0.6 is 0 Å². The molecule has 6 nitrogen and oxygen atoms in total. The zero-order valence-electron chi connectivity index (χ0n) is 31.5. The number of allylic oxidation sites excluding steroid dienone is 6. The molecule has 0 amide bonds. The SMILES string of the molecule is N#Cc1ccc(C2=CCCCC2c2ccccc2C2C=C(n3c4c(c5c3C=CCC5)CCC=C4)NC(N3c4ccc(C#N)cc4C4C[C@H](C#N)C=CC43)C2)cc1. The van der Waals surface area contributed by atoms with Gasteiger partial charge >= 0.3 is 0 Å². The molecular formula is C50H44N6. The van der Waals surface area contributed by atoms with Gasteiger partial charge in [0, 0.05) is 23.4 Å². The summed E-state index contributed by atoms with van der Waals surface area (Å²) in [5.74, 6) is 1.48. The second kappa shape index (κ2) is 14.1. The van der Waals surface area contributed by atoms with E-state index in [1.807, 2.05) is 18.2 Å². The van der Waals surface area contributed by atoms with Gasteiger partial charge in [-0.2, -0.15) is 15.8 Å². The van der Waals surface area contributed by atoms with Crippen LogP contribution in [0.15, 0.2) is 103 Å². The predicted molar refractivity (Wildman–Crippen MR) is 223 cm³/mol. The lowest BCUT2D eigenvalue weighted by molar-refractivity contribution is 0.415. The van der Waals surface area contributed by atoms with Crippen LogP contribution in [0.25, 0.3) is 23.5 Å². The van der Waals surface area contributed by atoms with Crippen molar-refractivity contribution in [3.05, 3.63) is 159 Å². The van der Waals surface area contributed by atoms with E-state index in [4.69, 9.17) is 0 Å². The number of nitriles is 3. The van der Waals surface area contributed by atoms with Gasteiger partial charge in [0.25, 0.3) is 0 Å². The lowest BCUT2D eigenvalue weighted by Crippen LogP contribution is -2.52. The normalized spacial score (nSPS) is 25.6.